The molecule has 0 fully saturated rings. The number of para-hydroxylation sites is 2. The third kappa shape index (κ3) is 1.82. The van der Waals surface area contributed by atoms with Gasteiger partial charge in [0.25, 0.3) is 0 Å². The van der Waals surface area contributed by atoms with Crippen LogP contribution in [0.2, 0.25) is 0 Å². The van der Waals surface area contributed by atoms with Crippen LogP contribution in [0.25, 0.3) is 5.69 Å². The number of nitrogens with zero attached hydrogens (tertiary/aromatic N) is 3. The topological polar surface area (TPSA) is 66.0 Å². The Labute approximate surface area is 87.5 Å². The van der Waals surface area contributed by atoms with Crippen LogP contribution in [0, 0.1) is 0 Å². The number of benzene rings is 1. The number of ether oxygens (including phenoxy) is 1. The number of aromatic nitrogens is 3. The summed E-state index contributed by atoms with van der Waals surface area (Å²) in [5.74, 6) is 0.756. The van der Waals surface area contributed by atoms with Gasteiger partial charge in [0.15, 0.2) is 0 Å². The molecule has 1 heterocycles. The van der Waals surface area contributed by atoms with Gasteiger partial charge in [0.1, 0.15) is 11.4 Å². The van der Waals surface area contributed by atoms with Gasteiger partial charge in [-0.1, -0.05) is 17.3 Å². The predicted molar refractivity (Wildman–Crippen MR) is 55.8 cm³/mol. The lowest BCUT2D eigenvalue weighted by Gasteiger charge is -2.06. The quantitative estimate of drug-likeness (QED) is 0.800. The lowest BCUT2D eigenvalue weighted by Crippen LogP contribution is -1.98. The van der Waals surface area contributed by atoms with E-state index in [9.17, 15) is 0 Å². The first-order valence-corrected chi connectivity index (χ1v) is 4.60. The highest BCUT2D eigenvalue weighted by molar-refractivity contribution is 5.45. The van der Waals surface area contributed by atoms with E-state index >= 15 is 0 Å². The highest BCUT2D eigenvalue weighted by atomic mass is 16.5. The average molecular weight is 204 g/mol. The molecule has 5 heteroatoms. The van der Waals surface area contributed by atoms with Crippen molar-refractivity contribution in [3.63, 3.8) is 0 Å². The molecule has 5 nitrogen and oxygen atoms in total. The number of hydrogen-bond donors (Lipinski definition) is 1. The summed E-state index contributed by atoms with van der Waals surface area (Å²) in [5.41, 5.74) is 7.07. The van der Waals surface area contributed by atoms with E-state index in [4.69, 9.17) is 10.5 Å². The summed E-state index contributed by atoms with van der Waals surface area (Å²) >= 11 is 0. The zero-order chi connectivity index (χ0) is 10.7. The summed E-state index contributed by atoms with van der Waals surface area (Å²) in [4.78, 5) is 0. The van der Waals surface area contributed by atoms with Gasteiger partial charge in [-0.25, -0.2) is 4.68 Å². The normalized spacial score (nSPS) is 10.3. The zero-order valence-corrected chi connectivity index (χ0v) is 8.42. The van der Waals surface area contributed by atoms with Crippen LogP contribution < -0.4 is 10.5 Å². The largest absolute Gasteiger partial charge is 0.494 e. The summed E-state index contributed by atoms with van der Waals surface area (Å²) in [6.07, 6.45) is 1.79. The van der Waals surface area contributed by atoms with Crippen LogP contribution in [-0.4, -0.2) is 22.1 Å². The summed E-state index contributed by atoms with van der Waals surface area (Å²) < 4.78 is 6.88. The van der Waals surface area contributed by atoms with E-state index < -0.39 is 0 Å². The minimum absolute atomic E-state index is 0.384. The third-order valence-electron chi connectivity index (χ3n) is 2.08. The number of nitrogens with two attached hydrogens (primary N) is 1. The Morgan fingerprint density at radius 3 is 2.87 bits per heavy atom. The molecule has 0 radical (unpaired) electrons. The maximum absolute atomic E-state index is 5.46. The standard InChI is InChI=1S/C10H12N4O/c1-15-10-5-3-2-4-9(10)14-7-8(6-11)12-13-14/h2-5,7H,6,11H2,1H3. The minimum Gasteiger partial charge on any atom is -0.494 e. The van der Waals surface area contributed by atoms with Gasteiger partial charge in [0.2, 0.25) is 0 Å². The highest BCUT2D eigenvalue weighted by Crippen LogP contribution is 2.20. The van der Waals surface area contributed by atoms with Crippen molar-refractivity contribution in [3.05, 3.63) is 36.2 Å². The first kappa shape index (κ1) is 9.67. The Morgan fingerprint density at radius 1 is 1.40 bits per heavy atom. The Kier molecular flexibility index (Phi) is 2.64. The van der Waals surface area contributed by atoms with Gasteiger partial charge < -0.3 is 10.5 Å². The van der Waals surface area contributed by atoms with E-state index in [2.05, 4.69) is 10.3 Å². The van der Waals surface area contributed by atoms with Gasteiger partial charge >= 0.3 is 0 Å². The molecule has 0 saturated heterocycles. The molecule has 0 spiro atoms. The van der Waals surface area contributed by atoms with Gasteiger partial charge in [-0.3, -0.25) is 0 Å². The molecule has 2 aromatic rings. The van der Waals surface area contributed by atoms with Gasteiger partial charge in [-0.2, -0.15) is 0 Å². The van der Waals surface area contributed by atoms with Crippen molar-refractivity contribution in [1.29, 1.82) is 0 Å². The molecule has 2 N–H and O–H groups in total. The maximum atomic E-state index is 5.46. The van der Waals surface area contributed by atoms with Crippen molar-refractivity contribution >= 4 is 0 Å². The van der Waals surface area contributed by atoms with E-state index in [1.807, 2.05) is 24.3 Å². The number of rotatable bonds is 3. The van der Waals surface area contributed by atoms with Crippen molar-refractivity contribution < 1.29 is 4.74 Å². The lowest BCUT2D eigenvalue weighted by atomic mass is 10.3. The molecule has 0 aliphatic carbocycles. The minimum atomic E-state index is 0.384. The molecule has 0 amide bonds. The van der Waals surface area contributed by atoms with Gasteiger partial charge in [0.05, 0.1) is 19.0 Å². The summed E-state index contributed by atoms with van der Waals surface area (Å²) in [6.45, 7) is 0.384. The Bertz CT molecular complexity index is 452. The van der Waals surface area contributed by atoms with Gasteiger partial charge in [-0.15, -0.1) is 5.10 Å². The summed E-state index contributed by atoms with van der Waals surface area (Å²) in [7, 11) is 1.62. The van der Waals surface area contributed by atoms with Crippen molar-refractivity contribution in [3.8, 4) is 11.4 Å². The average Bonchev–Trinajstić information content (AvgIpc) is 2.77. The van der Waals surface area contributed by atoms with Crippen LogP contribution in [0.1, 0.15) is 5.69 Å². The van der Waals surface area contributed by atoms with Gasteiger partial charge in [-0.05, 0) is 12.1 Å². The second-order valence-electron chi connectivity index (χ2n) is 3.03. The molecular formula is C10H12N4O. The second kappa shape index (κ2) is 4.10. The predicted octanol–water partition coefficient (Wildman–Crippen LogP) is 0.735. The smallest absolute Gasteiger partial charge is 0.144 e. The van der Waals surface area contributed by atoms with Crippen molar-refractivity contribution in [2.75, 3.05) is 7.11 Å². The monoisotopic (exact) mass is 204 g/mol. The molecule has 2 rings (SSSR count). The van der Waals surface area contributed by atoms with Crippen molar-refractivity contribution in [1.82, 2.24) is 15.0 Å². The molecule has 1 aromatic heterocycles. The van der Waals surface area contributed by atoms with E-state index in [1.54, 1.807) is 18.0 Å². The lowest BCUT2D eigenvalue weighted by molar-refractivity contribution is 0.411. The fraction of sp³-hybridized carbons (Fsp3) is 0.200. The van der Waals surface area contributed by atoms with E-state index in [0.29, 0.717) is 6.54 Å². The molecular weight excluding hydrogens is 192 g/mol. The molecule has 78 valence electrons. The van der Waals surface area contributed by atoms with Crippen molar-refractivity contribution in [2.24, 2.45) is 5.73 Å². The van der Waals surface area contributed by atoms with Crippen molar-refractivity contribution in [2.45, 2.75) is 6.54 Å². The SMILES string of the molecule is COc1ccccc1-n1cc(CN)nn1. The second-order valence-corrected chi connectivity index (χ2v) is 3.03. The first-order chi connectivity index (χ1) is 7.35. The molecule has 15 heavy (non-hydrogen) atoms. The third-order valence-corrected chi connectivity index (χ3v) is 2.08. The fourth-order valence-electron chi connectivity index (χ4n) is 1.33. The Balaban J connectivity index is 2.44. The molecule has 0 saturated carbocycles. The van der Waals surface area contributed by atoms with Crippen LogP contribution in [0.4, 0.5) is 0 Å². The number of hydrogen-bond acceptors (Lipinski definition) is 4. The highest BCUT2D eigenvalue weighted by Gasteiger charge is 2.06. The molecule has 0 atom stereocenters. The molecule has 0 aliphatic heterocycles. The first-order valence-electron chi connectivity index (χ1n) is 4.60. The number of methoxy groups -OCH3 is 1. The van der Waals surface area contributed by atoms with Crippen LogP contribution >= 0.6 is 0 Å². The summed E-state index contributed by atoms with van der Waals surface area (Å²) in [6, 6.07) is 7.61. The van der Waals surface area contributed by atoms with Crippen LogP contribution in [0.3, 0.4) is 0 Å². The summed E-state index contributed by atoms with van der Waals surface area (Å²) in [5, 5.41) is 7.89. The molecule has 1 aromatic carbocycles. The van der Waals surface area contributed by atoms with E-state index in [1.165, 1.54) is 0 Å². The van der Waals surface area contributed by atoms with Gasteiger partial charge in [0, 0.05) is 6.54 Å². The maximum Gasteiger partial charge on any atom is 0.144 e. The van der Waals surface area contributed by atoms with E-state index in [-0.39, 0.29) is 0 Å². The zero-order valence-electron chi connectivity index (χ0n) is 8.42. The van der Waals surface area contributed by atoms with Crippen LogP contribution in [0.15, 0.2) is 30.5 Å². The molecule has 0 bridgehead atoms. The van der Waals surface area contributed by atoms with Crippen LogP contribution in [0.5, 0.6) is 5.75 Å². The van der Waals surface area contributed by atoms with Crippen LogP contribution in [-0.2, 0) is 6.54 Å². The Hall–Kier alpha value is -1.88. The van der Waals surface area contributed by atoms with E-state index in [0.717, 1.165) is 17.1 Å². The molecule has 0 unspecified atom stereocenters. The Morgan fingerprint density at radius 2 is 2.20 bits per heavy atom. The molecule has 0 aliphatic rings. The fourth-order valence-corrected chi connectivity index (χ4v) is 1.33.